The van der Waals surface area contributed by atoms with Crippen LogP contribution in [0.3, 0.4) is 0 Å². The van der Waals surface area contributed by atoms with E-state index in [0.29, 0.717) is 32.0 Å². The number of hydrogen-bond acceptors (Lipinski definition) is 4. The molecule has 0 radical (unpaired) electrons. The summed E-state index contributed by atoms with van der Waals surface area (Å²) in [5.74, 6) is -0.624. The van der Waals surface area contributed by atoms with E-state index in [-0.39, 0.29) is 18.1 Å². The Bertz CT molecular complexity index is 718. The lowest BCUT2D eigenvalue weighted by Crippen LogP contribution is -2.36. The molecule has 3 rings (SSSR count). The van der Waals surface area contributed by atoms with Crippen molar-refractivity contribution >= 4 is 17.3 Å². The number of anilines is 2. The Morgan fingerprint density at radius 3 is 2.64 bits per heavy atom. The molecular formula is C19H22FN3O2. The molecule has 1 amide bonds. The SMILES string of the molecule is NC(CC(=O)Nc1cc(F)cc(N2CCOCC2)c1)c1ccccc1. The van der Waals surface area contributed by atoms with E-state index in [4.69, 9.17) is 10.5 Å². The van der Waals surface area contributed by atoms with Crippen LogP contribution in [0, 0.1) is 5.82 Å². The summed E-state index contributed by atoms with van der Waals surface area (Å²) in [4.78, 5) is 14.3. The van der Waals surface area contributed by atoms with Gasteiger partial charge in [0.05, 0.1) is 13.2 Å². The van der Waals surface area contributed by atoms with Gasteiger partial charge in [0.25, 0.3) is 0 Å². The minimum atomic E-state index is -0.395. The molecule has 5 nitrogen and oxygen atoms in total. The molecule has 2 aromatic rings. The van der Waals surface area contributed by atoms with Crippen molar-refractivity contribution in [2.24, 2.45) is 5.73 Å². The second-order valence-corrected chi connectivity index (χ2v) is 6.07. The average Bonchev–Trinajstić information content (AvgIpc) is 2.62. The number of ether oxygens (including phenoxy) is 1. The van der Waals surface area contributed by atoms with Crippen LogP contribution in [0.25, 0.3) is 0 Å². The van der Waals surface area contributed by atoms with Crippen LogP contribution >= 0.6 is 0 Å². The zero-order valence-electron chi connectivity index (χ0n) is 14.0. The highest BCUT2D eigenvalue weighted by Crippen LogP contribution is 2.23. The minimum Gasteiger partial charge on any atom is -0.378 e. The van der Waals surface area contributed by atoms with Crippen molar-refractivity contribution < 1.29 is 13.9 Å². The van der Waals surface area contributed by atoms with Crippen molar-refractivity contribution in [1.29, 1.82) is 0 Å². The number of nitrogens with two attached hydrogens (primary N) is 1. The molecule has 1 aliphatic rings. The molecule has 0 spiro atoms. The zero-order valence-corrected chi connectivity index (χ0v) is 14.0. The van der Waals surface area contributed by atoms with Crippen LogP contribution in [0.2, 0.25) is 0 Å². The maximum absolute atomic E-state index is 13.9. The molecule has 1 unspecified atom stereocenters. The standard InChI is InChI=1S/C19H22FN3O2/c20-15-10-16(12-17(11-15)23-6-8-25-9-7-23)22-19(24)13-18(21)14-4-2-1-3-5-14/h1-5,10-12,18H,6-9,13,21H2,(H,22,24). The smallest absolute Gasteiger partial charge is 0.226 e. The highest BCUT2D eigenvalue weighted by Gasteiger charge is 2.15. The summed E-state index contributed by atoms with van der Waals surface area (Å²) in [6.45, 7) is 2.64. The first-order valence-electron chi connectivity index (χ1n) is 8.35. The number of amides is 1. The van der Waals surface area contributed by atoms with Gasteiger partial charge >= 0.3 is 0 Å². The molecule has 1 fully saturated rings. The molecule has 0 aromatic heterocycles. The first-order chi connectivity index (χ1) is 12.1. The van der Waals surface area contributed by atoms with E-state index < -0.39 is 6.04 Å². The van der Waals surface area contributed by atoms with Gasteiger partial charge in [-0.05, 0) is 23.8 Å². The average molecular weight is 343 g/mol. The van der Waals surface area contributed by atoms with E-state index in [1.165, 1.54) is 12.1 Å². The quantitative estimate of drug-likeness (QED) is 0.876. The lowest BCUT2D eigenvalue weighted by atomic mass is 10.0. The van der Waals surface area contributed by atoms with Gasteiger partial charge in [0, 0.05) is 36.9 Å². The third-order valence-electron chi connectivity index (χ3n) is 4.18. The predicted octanol–water partition coefficient (Wildman–Crippen LogP) is 2.69. The van der Waals surface area contributed by atoms with Crippen LogP contribution < -0.4 is 16.0 Å². The molecule has 1 aliphatic heterocycles. The largest absolute Gasteiger partial charge is 0.378 e. The van der Waals surface area contributed by atoms with Crippen LogP contribution in [0.15, 0.2) is 48.5 Å². The van der Waals surface area contributed by atoms with E-state index in [1.54, 1.807) is 6.07 Å². The van der Waals surface area contributed by atoms with Gasteiger partial charge in [-0.25, -0.2) is 4.39 Å². The van der Waals surface area contributed by atoms with E-state index in [1.807, 2.05) is 35.2 Å². The molecule has 6 heteroatoms. The van der Waals surface area contributed by atoms with Gasteiger partial charge in [-0.3, -0.25) is 4.79 Å². The van der Waals surface area contributed by atoms with Crippen molar-refractivity contribution in [3.8, 4) is 0 Å². The van der Waals surface area contributed by atoms with Crippen LogP contribution in [-0.4, -0.2) is 32.2 Å². The lowest BCUT2D eigenvalue weighted by Gasteiger charge is -2.29. The van der Waals surface area contributed by atoms with Crippen molar-refractivity contribution in [3.05, 3.63) is 59.9 Å². The van der Waals surface area contributed by atoms with E-state index in [0.717, 1.165) is 11.3 Å². The number of rotatable bonds is 5. The van der Waals surface area contributed by atoms with Crippen molar-refractivity contribution in [2.75, 3.05) is 36.5 Å². The second-order valence-electron chi connectivity index (χ2n) is 6.07. The number of carbonyl (C=O) groups excluding carboxylic acids is 1. The third-order valence-corrected chi connectivity index (χ3v) is 4.18. The summed E-state index contributed by atoms with van der Waals surface area (Å²) in [7, 11) is 0. The van der Waals surface area contributed by atoms with Crippen molar-refractivity contribution in [1.82, 2.24) is 0 Å². The number of benzene rings is 2. The fourth-order valence-corrected chi connectivity index (χ4v) is 2.88. The molecule has 132 valence electrons. The highest BCUT2D eigenvalue weighted by atomic mass is 19.1. The van der Waals surface area contributed by atoms with Gasteiger partial charge in [0.1, 0.15) is 5.82 Å². The summed E-state index contributed by atoms with van der Waals surface area (Å²) in [5.41, 5.74) is 8.14. The normalized spacial score (nSPS) is 15.7. The van der Waals surface area contributed by atoms with Gasteiger partial charge in [-0.1, -0.05) is 30.3 Å². The second kappa shape index (κ2) is 8.09. The maximum Gasteiger partial charge on any atom is 0.226 e. The molecule has 0 bridgehead atoms. The maximum atomic E-state index is 13.9. The van der Waals surface area contributed by atoms with Gasteiger partial charge in [0.15, 0.2) is 0 Å². The number of morpholine rings is 1. The van der Waals surface area contributed by atoms with Crippen molar-refractivity contribution in [3.63, 3.8) is 0 Å². The Morgan fingerprint density at radius 1 is 1.20 bits per heavy atom. The molecule has 1 heterocycles. The summed E-state index contributed by atoms with van der Waals surface area (Å²) >= 11 is 0. The topological polar surface area (TPSA) is 67.6 Å². The van der Waals surface area contributed by atoms with Gasteiger partial charge in [-0.2, -0.15) is 0 Å². The Morgan fingerprint density at radius 2 is 1.92 bits per heavy atom. The molecule has 0 aliphatic carbocycles. The molecule has 1 saturated heterocycles. The Labute approximate surface area is 146 Å². The fraction of sp³-hybridized carbons (Fsp3) is 0.316. The predicted molar refractivity (Wildman–Crippen MR) is 96.0 cm³/mol. The van der Waals surface area contributed by atoms with E-state index >= 15 is 0 Å². The first kappa shape index (κ1) is 17.4. The van der Waals surface area contributed by atoms with Crippen LogP contribution in [0.5, 0.6) is 0 Å². The summed E-state index contributed by atoms with van der Waals surface area (Å²) in [6, 6.07) is 13.6. The number of nitrogens with zero attached hydrogens (tertiary/aromatic N) is 1. The zero-order chi connectivity index (χ0) is 17.6. The lowest BCUT2D eigenvalue weighted by molar-refractivity contribution is -0.116. The number of halogens is 1. The number of hydrogen-bond donors (Lipinski definition) is 2. The Kier molecular flexibility index (Phi) is 5.63. The Balaban J connectivity index is 1.65. The minimum absolute atomic E-state index is 0.132. The summed E-state index contributed by atoms with van der Waals surface area (Å²) in [6.07, 6.45) is 0.132. The third kappa shape index (κ3) is 4.78. The molecule has 0 saturated carbocycles. The van der Waals surface area contributed by atoms with Crippen LogP contribution in [0.1, 0.15) is 18.0 Å². The molecule has 2 aromatic carbocycles. The van der Waals surface area contributed by atoms with Gasteiger partial charge in [0.2, 0.25) is 5.91 Å². The molecule has 1 atom stereocenters. The summed E-state index contributed by atoms with van der Waals surface area (Å²) in [5, 5.41) is 2.75. The van der Waals surface area contributed by atoms with Crippen LogP contribution in [0.4, 0.5) is 15.8 Å². The monoisotopic (exact) mass is 343 g/mol. The first-order valence-corrected chi connectivity index (χ1v) is 8.35. The number of nitrogens with one attached hydrogen (secondary N) is 1. The number of carbonyl (C=O) groups is 1. The van der Waals surface area contributed by atoms with E-state index in [2.05, 4.69) is 5.32 Å². The molecule has 25 heavy (non-hydrogen) atoms. The van der Waals surface area contributed by atoms with Crippen molar-refractivity contribution in [2.45, 2.75) is 12.5 Å². The highest BCUT2D eigenvalue weighted by molar-refractivity contribution is 5.91. The Hall–Kier alpha value is -2.44. The van der Waals surface area contributed by atoms with E-state index in [9.17, 15) is 9.18 Å². The molecular weight excluding hydrogens is 321 g/mol. The van der Waals surface area contributed by atoms with Crippen LogP contribution in [-0.2, 0) is 9.53 Å². The van der Waals surface area contributed by atoms with Gasteiger partial charge in [-0.15, -0.1) is 0 Å². The fourth-order valence-electron chi connectivity index (χ4n) is 2.88. The summed E-state index contributed by atoms with van der Waals surface area (Å²) < 4.78 is 19.2. The molecule has 3 N–H and O–H groups in total. The van der Waals surface area contributed by atoms with Gasteiger partial charge < -0.3 is 20.7 Å².